The molecule has 1 aromatic rings. The van der Waals surface area contributed by atoms with E-state index in [0.29, 0.717) is 69.8 Å². The summed E-state index contributed by atoms with van der Waals surface area (Å²) in [6, 6.07) is 3.74. The first-order chi connectivity index (χ1) is 15.9. The molecule has 0 saturated carbocycles. The zero-order valence-corrected chi connectivity index (χ0v) is 20.7. The predicted octanol–water partition coefficient (Wildman–Crippen LogP) is 1.23. The van der Waals surface area contributed by atoms with Crippen LogP contribution in [0.4, 0.5) is 11.4 Å². The minimum absolute atomic E-state index is 0.0936. The van der Waals surface area contributed by atoms with Gasteiger partial charge in [0, 0.05) is 51.4 Å². The zero-order valence-electron chi connectivity index (χ0n) is 19.8. The molecule has 2 saturated heterocycles. The van der Waals surface area contributed by atoms with E-state index in [2.05, 4.69) is 10.2 Å². The number of hydrogen-bond donors (Lipinski definition) is 1. The molecule has 1 aromatic carbocycles. The number of sulfonamides is 1. The minimum Gasteiger partial charge on any atom is -0.492 e. The van der Waals surface area contributed by atoms with Gasteiger partial charge >= 0.3 is 0 Å². The number of rotatable bonds is 10. The van der Waals surface area contributed by atoms with Crippen molar-refractivity contribution < 1.29 is 27.4 Å². The Balaban J connectivity index is 1.70. The summed E-state index contributed by atoms with van der Waals surface area (Å²) >= 11 is 0. The molecule has 2 aliphatic heterocycles. The summed E-state index contributed by atoms with van der Waals surface area (Å²) in [6.45, 7) is 11.3. The molecule has 2 heterocycles. The van der Waals surface area contributed by atoms with Crippen LogP contribution in [-0.4, -0.2) is 102 Å². The molecule has 0 aliphatic carbocycles. The first-order valence-electron chi connectivity index (χ1n) is 11.6. The maximum absolute atomic E-state index is 12.8. The molecule has 2 fully saturated rings. The third kappa shape index (κ3) is 6.72. The number of benzene rings is 1. The number of ether oxygens (including phenoxy) is 3. The minimum atomic E-state index is -3.19. The van der Waals surface area contributed by atoms with E-state index in [0.717, 1.165) is 18.8 Å². The summed E-state index contributed by atoms with van der Waals surface area (Å²) < 4.78 is 42.8. The molecule has 0 radical (unpaired) electrons. The molecule has 0 bridgehead atoms. The summed E-state index contributed by atoms with van der Waals surface area (Å²) in [5.74, 6) is 1.20. The highest BCUT2D eigenvalue weighted by atomic mass is 32.2. The van der Waals surface area contributed by atoms with Crippen LogP contribution < -0.4 is 19.7 Å². The standard InChI is InChI=1S/C22H36N4O6S/c1-4-31-20-16-19(25-11-13-30-14-12-25)21(32-5-2)15-18(20)23-22(27)17-24-7-9-26(10-8-24)33(28,29)6-3/h15-16H,4-14,17H2,1-3H3,(H,23,27). The maximum atomic E-state index is 12.8. The Labute approximate surface area is 196 Å². The molecule has 10 nitrogen and oxygen atoms in total. The number of carbonyl (C=O) groups excluding carboxylic acids is 1. The van der Waals surface area contributed by atoms with E-state index in [-0.39, 0.29) is 18.2 Å². The van der Waals surface area contributed by atoms with Crippen LogP contribution in [0, 0.1) is 0 Å². The molecule has 2 aliphatic rings. The zero-order chi connectivity index (χ0) is 23.8. The number of carbonyl (C=O) groups is 1. The fraction of sp³-hybridized carbons (Fsp3) is 0.682. The highest BCUT2D eigenvalue weighted by molar-refractivity contribution is 7.89. The Bertz CT molecular complexity index is 896. The van der Waals surface area contributed by atoms with Crippen molar-refractivity contribution in [1.29, 1.82) is 0 Å². The van der Waals surface area contributed by atoms with Crippen LogP contribution in [0.2, 0.25) is 0 Å². The molecule has 186 valence electrons. The van der Waals surface area contributed by atoms with E-state index >= 15 is 0 Å². The van der Waals surface area contributed by atoms with Gasteiger partial charge in [-0.05, 0) is 20.8 Å². The summed E-state index contributed by atoms with van der Waals surface area (Å²) in [5, 5.41) is 2.96. The number of anilines is 2. The molecule has 3 rings (SSSR count). The Morgan fingerprint density at radius 2 is 1.61 bits per heavy atom. The van der Waals surface area contributed by atoms with Gasteiger partial charge < -0.3 is 24.4 Å². The van der Waals surface area contributed by atoms with Gasteiger partial charge in [-0.3, -0.25) is 9.69 Å². The highest BCUT2D eigenvalue weighted by Gasteiger charge is 2.27. The quantitative estimate of drug-likeness (QED) is 0.529. The van der Waals surface area contributed by atoms with Crippen molar-refractivity contribution in [3.8, 4) is 11.5 Å². The summed E-state index contributed by atoms with van der Waals surface area (Å²) in [5.41, 5.74) is 1.49. The van der Waals surface area contributed by atoms with Crippen molar-refractivity contribution in [2.24, 2.45) is 0 Å². The Kier molecular flexibility index (Phi) is 9.19. The lowest BCUT2D eigenvalue weighted by atomic mass is 10.2. The number of nitrogens with zero attached hydrogens (tertiary/aromatic N) is 3. The second kappa shape index (κ2) is 11.9. The predicted molar refractivity (Wildman–Crippen MR) is 128 cm³/mol. The fourth-order valence-electron chi connectivity index (χ4n) is 3.99. The lowest BCUT2D eigenvalue weighted by molar-refractivity contribution is -0.117. The number of piperazine rings is 1. The van der Waals surface area contributed by atoms with Gasteiger partial charge in [-0.25, -0.2) is 8.42 Å². The Morgan fingerprint density at radius 1 is 0.970 bits per heavy atom. The number of nitrogens with one attached hydrogen (secondary N) is 1. The molecule has 0 aromatic heterocycles. The Morgan fingerprint density at radius 3 is 2.21 bits per heavy atom. The lowest BCUT2D eigenvalue weighted by Gasteiger charge is -2.33. The lowest BCUT2D eigenvalue weighted by Crippen LogP contribution is -2.50. The Hall–Kier alpha value is -2.08. The van der Waals surface area contributed by atoms with Gasteiger partial charge in [0.1, 0.15) is 11.5 Å². The fourth-order valence-corrected chi connectivity index (χ4v) is 5.07. The van der Waals surface area contributed by atoms with E-state index in [9.17, 15) is 13.2 Å². The van der Waals surface area contributed by atoms with E-state index in [4.69, 9.17) is 14.2 Å². The molecular weight excluding hydrogens is 448 g/mol. The van der Waals surface area contributed by atoms with Crippen molar-refractivity contribution >= 4 is 27.3 Å². The van der Waals surface area contributed by atoms with Gasteiger partial charge in [0.25, 0.3) is 0 Å². The molecule has 1 N–H and O–H groups in total. The SMILES string of the molecule is CCOc1cc(N2CCOCC2)c(OCC)cc1NC(=O)CN1CCN(S(=O)(=O)CC)CC1. The van der Waals surface area contributed by atoms with Crippen LogP contribution in [0.25, 0.3) is 0 Å². The summed E-state index contributed by atoms with van der Waals surface area (Å²) in [6.07, 6.45) is 0. The van der Waals surface area contributed by atoms with E-state index < -0.39 is 10.0 Å². The second-order valence-corrected chi connectivity index (χ2v) is 10.2. The van der Waals surface area contributed by atoms with Crippen molar-refractivity contribution in [2.45, 2.75) is 20.8 Å². The van der Waals surface area contributed by atoms with Crippen LogP contribution in [0.5, 0.6) is 11.5 Å². The summed E-state index contributed by atoms with van der Waals surface area (Å²) in [4.78, 5) is 17.0. The van der Waals surface area contributed by atoms with Crippen molar-refractivity contribution in [3.05, 3.63) is 12.1 Å². The third-order valence-electron chi connectivity index (χ3n) is 5.74. The number of hydrogen-bond acceptors (Lipinski definition) is 8. The van der Waals surface area contributed by atoms with Crippen LogP contribution in [0.15, 0.2) is 12.1 Å². The van der Waals surface area contributed by atoms with E-state index in [1.807, 2.05) is 30.9 Å². The summed E-state index contributed by atoms with van der Waals surface area (Å²) in [7, 11) is -3.19. The van der Waals surface area contributed by atoms with Gasteiger partial charge in [0.2, 0.25) is 15.9 Å². The largest absolute Gasteiger partial charge is 0.492 e. The first-order valence-corrected chi connectivity index (χ1v) is 13.2. The van der Waals surface area contributed by atoms with Crippen molar-refractivity contribution in [1.82, 2.24) is 9.21 Å². The molecule has 0 unspecified atom stereocenters. The normalized spacial score (nSPS) is 18.2. The smallest absolute Gasteiger partial charge is 0.238 e. The van der Waals surface area contributed by atoms with Gasteiger partial charge in [-0.1, -0.05) is 0 Å². The average Bonchev–Trinajstić information content (AvgIpc) is 2.82. The molecular formula is C22H36N4O6S. The van der Waals surface area contributed by atoms with E-state index in [1.165, 1.54) is 4.31 Å². The van der Waals surface area contributed by atoms with Gasteiger partial charge in [-0.2, -0.15) is 4.31 Å². The van der Waals surface area contributed by atoms with Crippen LogP contribution in [0.1, 0.15) is 20.8 Å². The van der Waals surface area contributed by atoms with Crippen molar-refractivity contribution in [3.63, 3.8) is 0 Å². The van der Waals surface area contributed by atoms with Crippen LogP contribution in [-0.2, 0) is 19.6 Å². The molecule has 33 heavy (non-hydrogen) atoms. The van der Waals surface area contributed by atoms with Crippen molar-refractivity contribution in [2.75, 3.05) is 88.2 Å². The van der Waals surface area contributed by atoms with Gasteiger partial charge in [0.05, 0.1) is 50.1 Å². The van der Waals surface area contributed by atoms with Crippen LogP contribution >= 0.6 is 0 Å². The van der Waals surface area contributed by atoms with Gasteiger partial charge in [-0.15, -0.1) is 0 Å². The van der Waals surface area contributed by atoms with Crippen LogP contribution in [0.3, 0.4) is 0 Å². The maximum Gasteiger partial charge on any atom is 0.238 e. The number of amides is 1. The molecule has 1 amide bonds. The average molecular weight is 485 g/mol. The second-order valence-electron chi connectivity index (χ2n) is 7.91. The monoisotopic (exact) mass is 484 g/mol. The molecule has 11 heteroatoms. The van der Waals surface area contributed by atoms with E-state index in [1.54, 1.807) is 6.92 Å². The van der Waals surface area contributed by atoms with Gasteiger partial charge in [0.15, 0.2) is 0 Å². The molecule has 0 spiro atoms. The first kappa shape index (κ1) is 25.5. The number of morpholine rings is 1. The topological polar surface area (TPSA) is 101 Å². The highest BCUT2D eigenvalue weighted by Crippen LogP contribution is 2.39. The molecule has 0 atom stereocenters. The third-order valence-corrected chi connectivity index (χ3v) is 7.62.